The highest BCUT2D eigenvalue weighted by Gasteiger charge is 2.24. The molecule has 1 saturated heterocycles. The molecule has 1 fully saturated rings. The van der Waals surface area contributed by atoms with Crippen molar-refractivity contribution in [2.75, 3.05) is 13.1 Å². The lowest BCUT2D eigenvalue weighted by Gasteiger charge is -2.37. The first kappa shape index (κ1) is 14.2. The van der Waals surface area contributed by atoms with E-state index in [1.807, 2.05) is 19.2 Å². The van der Waals surface area contributed by atoms with Crippen LogP contribution in [-0.2, 0) is 0 Å². The lowest BCUT2D eigenvalue weighted by molar-refractivity contribution is 0.165. The van der Waals surface area contributed by atoms with Crippen molar-refractivity contribution in [3.05, 3.63) is 35.8 Å². The van der Waals surface area contributed by atoms with Gasteiger partial charge in [-0.1, -0.05) is 12.5 Å². The molecule has 0 aliphatic carbocycles. The maximum atomic E-state index is 5.73. The van der Waals surface area contributed by atoms with Gasteiger partial charge in [-0.15, -0.1) is 0 Å². The molecule has 4 N–H and O–H groups in total. The van der Waals surface area contributed by atoms with Crippen molar-refractivity contribution in [3.8, 4) is 0 Å². The molecule has 0 spiro atoms. The van der Waals surface area contributed by atoms with Crippen molar-refractivity contribution in [1.82, 2.24) is 15.5 Å². The summed E-state index contributed by atoms with van der Waals surface area (Å²) in [4.78, 5) is 2.50. The van der Waals surface area contributed by atoms with Crippen molar-refractivity contribution in [3.63, 3.8) is 0 Å². The highest BCUT2D eigenvalue weighted by Crippen LogP contribution is 2.18. The van der Waals surface area contributed by atoms with Gasteiger partial charge in [-0.05, 0) is 44.5 Å². The van der Waals surface area contributed by atoms with Gasteiger partial charge in [0.2, 0.25) is 0 Å². The van der Waals surface area contributed by atoms with Crippen LogP contribution in [0.2, 0.25) is 0 Å². The zero-order valence-electron chi connectivity index (χ0n) is 12.0. The van der Waals surface area contributed by atoms with Crippen LogP contribution in [0.5, 0.6) is 0 Å². The van der Waals surface area contributed by atoms with Gasteiger partial charge in [-0.2, -0.15) is 0 Å². The maximum absolute atomic E-state index is 5.73. The second-order valence-electron chi connectivity index (χ2n) is 5.52. The average Bonchev–Trinajstić information content (AvgIpc) is 2.39. The lowest BCUT2D eigenvalue weighted by Crippen LogP contribution is -2.50. The fraction of sp³-hybridized carbons (Fsp3) is 0.600. The van der Waals surface area contributed by atoms with Crippen LogP contribution in [0.3, 0.4) is 0 Å². The highest BCUT2D eigenvalue weighted by molar-refractivity contribution is 5.29. The summed E-state index contributed by atoms with van der Waals surface area (Å²) in [6.07, 6.45) is 12.4. The minimum Gasteiger partial charge on any atom is -0.370 e. The summed E-state index contributed by atoms with van der Waals surface area (Å²) in [7, 11) is 0. The van der Waals surface area contributed by atoms with Crippen molar-refractivity contribution in [2.45, 2.75) is 45.3 Å². The summed E-state index contributed by atoms with van der Waals surface area (Å²) in [5.41, 5.74) is 8.18. The van der Waals surface area contributed by atoms with Crippen LogP contribution < -0.4 is 16.4 Å². The Morgan fingerprint density at radius 3 is 2.84 bits per heavy atom. The normalized spacial score (nSPS) is 26.6. The molecule has 106 valence electrons. The van der Waals surface area contributed by atoms with Crippen molar-refractivity contribution in [1.29, 1.82) is 0 Å². The number of hydrogen-bond donors (Lipinski definition) is 3. The summed E-state index contributed by atoms with van der Waals surface area (Å²) in [6, 6.07) is 0.0784. The van der Waals surface area contributed by atoms with E-state index in [0.717, 1.165) is 0 Å². The van der Waals surface area contributed by atoms with Gasteiger partial charge in [0.15, 0.2) is 0 Å². The van der Waals surface area contributed by atoms with Crippen LogP contribution in [0, 0.1) is 0 Å². The fourth-order valence-corrected chi connectivity index (χ4v) is 2.56. The van der Waals surface area contributed by atoms with Gasteiger partial charge in [0.1, 0.15) is 6.17 Å². The number of piperidine rings is 1. The molecule has 0 amide bonds. The molecule has 2 heterocycles. The second-order valence-corrected chi connectivity index (χ2v) is 5.52. The van der Waals surface area contributed by atoms with E-state index in [2.05, 4.69) is 34.7 Å². The van der Waals surface area contributed by atoms with Crippen molar-refractivity contribution in [2.24, 2.45) is 5.73 Å². The third kappa shape index (κ3) is 4.11. The van der Waals surface area contributed by atoms with E-state index in [1.165, 1.54) is 43.6 Å². The van der Waals surface area contributed by atoms with E-state index in [-0.39, 0.29) is 12.2 Å². The van der Waals surface area contributed by atoms with Gasteiger partial charge in [0.05, 0.1) is 5.70 Å². The Kier molecular flexibility index (Phi) is 5.05. The number of allylic oxidation sites excluding steroid dienone is 2. The molecular formula is C15H26N4. The van der Waals surface area contributed by atoms with Crippen LogP contribution in [0.15, 0.2) is 35.8 Å². The molecule has 2 unspecified atom stereocenters. The molecule has 2 aliphatic rings. The van der Waals surface area contributed by atoms with Gasteiger partial charge in [0.25, 0.3) is 0 Å². The Hall–Kier alpha value is -1.26. The molecule has 0 bridgehead atoms. The standard InChI is InChI=1S/C15H26N4/c1-12-10-14(17-7-6-13(2)16)15(18-11-12)19-8-4-3-5-9-19/h6-7,10-11,13,15,17-18H,3-5,8-9,16H2,1-2H3/b7-6-. The molecule has 0 aromatic rings. The van der Waals surface area contributed by atoms with Gasteiger partial charge in [-0.3, -0.25) is 4.90 Å². The summed E-state index contributed by atoms with van der Waals surface area (Å²) >= 11 is 0. The molecule has 0 aromatic heterocycles. The Morgan fingerprint density at radius 1 is 1.42 bits per heavy atom. The van der Waals surface area contributed by atoms with Crippen molar-refractivity contribution >= 4 is 0 Å². The summed E-state index contributed by atoms with van der Waals surface area (Å²) in [5, 5.41) is 6.88. The van der Waals surface area contributed by atoms with E-state index in [4.69, 9.17) is 5.73 Å². The van der Waals surface area contributed by atoms with E-state index < -0.39 is 0 Å². The topological polar surface area (TPSA) is 53.3 Å². The number of hydrogen-bond acceptors (Lipinski definition) is 4. The highest BCUT2D eigenvalue weighted by atomic mass is 15.3. The fourth-order valence-electron chi connectivity index (χ4n) is 2.56. The predicted molar refractivity (Wildman–Crippen MR) is 80.1 cm³/mol. The summed E-state index contributed by atoms with van der Waals surface area (Å²) in [5.74, 6) is 0. The molecule has 0 radical (unpaired) electrons. The monoisotopic (exact) mass is 262 g/mol. The van der Waals surface area contributed by atoms with Gasteiger partial charge in [0, 0.05) is 25.3 Å². The van der Waals surface area contributed by atoms with Gasteiger partial charge < -0.3 is 16.4 Å². The summed E-state index contributed by atoms with van der Waals surface area (Å²) in [6.45, 7) is 6.41. The minimum absolute atomic E-state index is 0.0784. The van der Waals surface area contributed by atoms with Crippen LogP contribution in [0.4, 0.5) is 0 Å². The van der Waals surface area contributed by atoms with E-state index in [0.29, 0.717) is 0 Å². The predicted octanol–water partition coefficient (Wildman–Crippen LogP) is 1.64. The minimum atomic E-state index is 0.0784. The van der Waals surface area contributed by atoms with Gasteiger partial charge >= 0.3 is 0 Å². The van der Waals surface area contributed by atoms with Gasteiger partial charge in [-0.25, -0.2) is 0 Å². The number of likely N-dealkylation sites (tertiary alicyclic amines) is 1. The molecule has 4 nitrogen and oxygen atoms in total. The maximum Gasteiger partial charge on any atom is 0.121 e. The zero-order valence-corrected chi connectivity index (χ0v) is 12.0. The number of dihydropyridines is 1. The molecule has 0 aromatic carbocycles. The molecule has 2 rings (SSSR count). The third-order valence-electron chi connectivity index (χ3n) is 3.55. The third-order valence-corrected chi connectivity index (χ3v) is 3.55. The second kappa shape index (κ2) is 6.78. The largest absolute Gasteiger partial charge is 0.370 e. The molecule has 4 heteroatoms. The lowest BCUT2D eigenvalue weighted by atomic mass is 10.1. The quantitative estimate of drug-likeness (QED) is 0.721. The molecular weight excluding hydrogens is 236 g/mol. The van der Waals surface area contributed by atoms with E-state index in [9.17, 15) is 0 Å². The SMILES string of the molecule is CC1=CNC(N2CCCCC2)C(N/C=C\C(C)N)=C1. The first-order valence-corrected chi connectivity index (χ1v) is 7.24. The number of nitrogens with one attached hydrogen (secondary N) is 2. The molecule has 19 heavy (non-hydrogen) atoms. The van der Waals surface area contributed by atoms with Crippen LogP contribution in [0.25, 0.3) is 0 Å². The zero-order chi connectivity index (χ0) is 13.7. The average molecular weight is 262 g/mol. The van der Waals surface area contributed by atoms with E-state index >= 15 is 0 Å². The molecule has 2 atom stereocenters. The number of nitrogens with zero attached hydrogens (tertiary/aromatic N) is 1. The summed E-state index contributed by atoms with van der Waals surface area (Å²) < 4.78 is 0. The Bertz CT molecular complexity index is 376. The first-order chi connectivity index (χ1) is 9.16. The molecule has 2 aliphatic heterocycles. The molecule has 0 saturated carbocycles. The van der Waals surface area contributed by atoms with E-state index in [1.54, 1.807) is 0 Å². The van der Waals surface area contributed by atoms with Crippen LogP contribution in [-0.4, -0.2) is 30.2 Å². The smallest absolute Gasteiger partial charge is 0.121 e. The first-order valence-electron chi connectivity index (χ1n) is 7.24. The van der Waals surface area contributed by atoms with Crippen LogP contribution in [0.1, 0.15) is 33.1 Å². The Morgan fingerprint density at radius 2 is 2.16 bits per heavy atom. The number of rotatable bonds is 4. The van der Waals surface area contributed by atoms with Crippen molar-refractivity contribution < 1.29 is 0 Å². The Balaban J connectivity index is 2.02. The Labute approximate surface area is 116 Å². The van der Waals surface area contributed by atoms with Crippen LogP contribution >= 0.6 is 0 Å². The number of nitrogens with two attached hydrogens (primary N) is 1.